The van der Waals surface area contributed by atoms with Crippen molar-refractivity contribution in [1.29, 1.82) is 0 Å². The first-order valence-electron chi connectivity index (χ1n) is 6.59. The van der Waals surface area contributed by atoms with E-state index >= 15 is 0 Å². The largest absolute Gasteiger partial charge is 0.351 e. The molecule has 0 aliphatic carbocycles. The number of amides is 1. The molecule has 2 fully saturated rings. The lowest BCUT2D eigenvalue weighted by Crippen LogP contribution is -2.47. The van der Waals surface area contributed by atoms with Crippen LogP contribution in [0.5, 0.6) is 0 Å². The fraction of sp³-hybridized carbons (Fsp3) is 0.917. The number of nitrogens with one attached hydrogen (secondary N) is 1. The molecule has 3 N–H and O–H groups in total. The Morgan fingerprint density at radius 1 is 1.29 bits per heavy atom. The average molecular weight is 240 g/mol. The maximum absolute atomic E-state index is 11.9. The minimum Gasteiger partial charge on any atom is -0.351 e. The van der Waals surface area contributed by atoms with Crippen molar-refractivity contribution in [1.82, 2.24) is 15.1 Å². The number of carbonyl (C=O) groups excluding carboxylic acids is 1. The smallest absolute Gasteiger partial charge is 0.234 e. The van der Waals surface area contributed by atoms with E-state index in [0.29, 0.717) is 18.6 Å². The van der Waals surface area contributed by atoms with Crippen molar-refractivity contribution in [2.24, 2.45) is 5.73 Å². The molecule has 2 rings (SSSR count). The van der Waals surface area contributed by atoms with Crippen LogP contribution in [0.1, 0.15) is 19.3 Å². The molecule has 5 nitrogen and oxygen atoms in total. The van der Waals surface area contributed by atoms with E-state index in [2.05, 4.69) is 22.2 Å². The summed E-state index contributed by atoms with van der Waals surface area (Å²) in [5.74, 6) is 0.167. The van der Waals surface area contributed by atoms with Gasteiger partial charge in [0.05, 0.1) is 6.54 Å². The molecule has 0 aromatic carbocycles. The molecule has 0 saturated carbocycles. The Balaban J connectivity index is 1.67. The molecule has 0 spiro atoms. The predicted octanol–water partition coefficient (Wildman–Crippen LogP) is -0.770. The molecule has 2 saturated heterocycles. The van der Waals surface area contributed by atoms with E-state index in [9.17, 15) is 4.79 Å². The third kappa shape index (κ3) is 3.94. The molecule has 0 aromatic rings. The minimum absolute atomic E-state index is 0.167. The molecule has 1 unspecified atom stereocenters. The van der Waals surface area contributed by atoms with Crippen molar-refractivity contribution < 1.29 is 4.79 Å². The quantitative estimate of drug-likeness (QED) is 0.680. The standard InChI is InChI=1S/C12H24N4O/c1-15-5-4-11(8-15)14-12(17)9-16-6-2-10(13)3-7-16/h10-11H,2-9,13H2,1H3,(H,14,17). The fourth-order valence-corrected chi connectivity index (χ4v) is 2.64. The number of likely N-dealkylation sites (N-methyl/N-ethyl adjacent to an activating group) is 1. The number of carbonyl (C=O) groups is 1. The predicted molar refractivity (Wildman–Crippen MR) is 67.7 cm³/mol. The number of hydrogen-bond donors (Lipinski definition) is 2. The summed E-state index contributed by atoms with van der Waals surface area (Å²) in [5, 5.41) is 3.11. The molecule has 1 amide bonds. The van der Waals surface area contributed by atoms with E-state index in [1.807, 2.05) is 0 Å². The molecule has 5 heteroatoms. The SMILES string of the molecule is CN1CCC(NC(=O)CN2CCC(N)CC2)C1. The van der Waals surface area contributed by atoms with Crippen LogP contribution in [0.4, 0.5) is 0 Å². The van der Waals surface area contributed by atoms with Gasteiger partial charge < -0.3 is 16.0 Å². The van der Waals surface area contributed by atoms with Crippen molar-refractivity contribution in [3.05, 3.63) is 0 Å². The second-order valence-corrected chi connectivity index (χ2v) is 5.43. The van der Waals surface area contributed by atoms with Crippen molar-refractivity contribution in [3.8, 4) is 0 Å². The third-order valence-electron chi connectivity index (χ3n) is 3.76. The van der Waals surface area contributed by atoms with Crippen LogP contribution in [-0.2, 0) is 4.79 Å². The number of piperidine rings is 1. The van der Waals surface area contributed by atoms with Crippen LogP contribution >= 0.6 is 0 Å². The maximum atomic E-state index is 11.9. The molecular formula is C12H24N4O. The Kier molecular flexibility index (Phi) is 4.36. The monoisotopic (exact) mass is 240 g/mol. The van der Waals surface area contributed by atoms with Gasteiger partial charge in [0, 0.05) is 31.7 Å². The van der Waals surface area contributed by atoms with Gasteiger partial charge in [0.2, 0.25) is 5.91 Å². The van der Waals surface area contributed by atoms with Crippen molar-refractivity contribution in [2.75, 3.05) is 39.8 Å². The topological polar surface area (TPSA) is 61.6 Å². The third-order valence-corrected chi connectivity index (χ3v) is 3.76. The van der Waals surface area contributed by atoms with E-state index < -0.39 is 0 Å². The van der Waals surface area contributed by atoms with Crippen LogP contribution in [0, 0.1) is 0 Å². The highest BCUT2D eigenvalue weighted by Gasteiger charge is 2.23. The first kappa shape index (κ1) is 12.8. The van der Waals surface area contributed by atoms with Gasteiger partial charge in [-0.1, -0.05) is 0 Å². The molecule has 1 atom stereocenters. The Morgan fingerprint density at radius 2 is 2.00 bits per heavy atom. The molecule has 2 aliphatic heterocycles. The van der Waals surface area contributed by atoms with Crippen LogP contribution in [0.15, 0.2) is 0 Å². The van der Waals surface area contributed by atoms with Gasteiger partial charge in [0.25, 0.3) is 0 Å². The Hall–Kier alpha value is -0.650. The highest BCUT2D eigenvalue weighted by molar-refractivity contribution is 5.78. The summed E-state index contributed by atoms with van der Waals surface area (Å²) in [6.07, 6.45) is 3.10. The number of nitrogens with zero attached hydrogens (tertiary/aromatic N) is 2. The maximum Gasteiger partial charge on any atom is 0.234 e. The van der Waals surface area contributed by atoms with Crippen LogP contribution in [0.25, 0.3) is 0 Å². The number of hydrogen-bond acceptors (Lipinski definition) is 4. The van der Waals surface area contributed by atoms with Crippen LogP contribution in [0.3, 0.4) is 0 Å². The Labute approximate surface area is 103 Å². The summed E-state index contributed by atoms with van der Waals surface area (Å²) in [5.41, 5.74) is 5.84. The molecule has 0 bridgehead atoms. The zero-order valence-electron chi connectivity index (χ0n) is 10.7. The van der Waals surface area contributed by atoms with Gasteiger partial charge in [0.15, 0.2) is 0 Å². The molecule has 0 aromatic heterocycles. The zero-order valence-corrected chi connectivity index (χ0v) is 10.7. The normalized spacial score (nSPS) is 28.5. The van der Waals surface area contributed by atoms with E-state index in [0.717, 1.165) is 45.4 Å². The first-order chi connectivity index (χ1) is 8.13. The first-order valence-corrected chi connectivity index (χ1v) is 6.59. The number of nitrogens with two attached hydrogens (primary N) is 1. The highest BCUT2D eigenvalue weighted by Crippen LogP contribution is 2.08. The van der Waals surface area contributed by atoms with Crippen molar-refractivity contribution in [3.63, 3.8) is 0 Å². The van der Waals surface area contributed by atoms with Gasteiger partial charge in [-0.3, -0.25) is 9.69 Å². The summed E-state index contributed by atoms with van der Waals surface area (Å²) in [6.45, 7) is 4.52. The van der Waals surface area contributed by atoms with Crippen LogP contribution in [-0.4, -0.2) is 67.6 Å². The van der Waals surface area contributed by atoms with Gasteiger partial charge in [-0.05, 0) is 32.9 Å². The zero-order chi connectivity index (χ0) is 12.3. The van der Waals surface area contributed by atoms with E-state index in [1.54, 1.807) is 0 Å². The lowest BCUT2D eigenvalue weighted by molar-refractivity contribution is -0.123. The molecule has 2 heterocycles. The van der Waals surface area contributed by atoms with Gasteiger partial charge in [-0.2, -0.15) is 0 Å². The van der Waals surface area contributed by atoms with Crippen LogP contribution < -0.4 is 11.1 Å². The molecule has 2 aliphatic rings. The molecule has 98 valence electrons. The fourth-order valence-electron chi connectivity index (χ4n) is 2.64. The highest BCUT2D eigenvalue weighted by atomic mass is 16.2. The second kappa shape index (κ2) is 5.80. The van der Waals surface area contributed by atoms with Gasteiger partial charge in [-0.15, -0.1) is 0 Å². The Morgan fingerprint density at radius 3 is 2.59 bits per heavy atom. The number of likely N-dealkylation sites (tertiary alicyclic amines) is 2. The molecule has 0 radical (unpaired) electrons. The van der Waals surface area contributed by atoms with Gasteiger partial charge in [-0.25, -0.2) is 0 Å². The van der Waals surface area contributed by atoms with Crippen LogP contribution in [0.2, 0.25) is 0 Å². The number of rotatable bonds is 3. The van der Waals surface area contributed by atoms with Crippen molar-refractivity contribution in [2.45, 2.75) is 31.3 Å². The van der Waals surface area contributed by atoms with Gasteiger partial charge in [0.1, 0.15) is 0 Å². The lowest BCUT2D eigenvalue weighted by Gasteiger charge is -2.29. The summed E-state index contributed by atoms with van der Waals surface area (Å²) in [7, 11) is 2.10. The van der Waals surface area contributed by atoms with E-state index in [4.69, 9.17) is 5.73 Å². The van der Waals surface area contributed by atoms with E-state index in [-0.39, 0.29) is 5.91 Å². The lowest BCUT2D eigenvalue weighted by atomic mass is 10.1. The summed E-state index contributed by atoms with van der Waals surface area (Å²) in [4.78, 5) is 16.3. The molecule has 17 heavy (non-hydrogen) atoms. The Bertz CT molecular complexity index is 263. The minimum atomic E-state index is 0.167. The summed E-state index contributed by atoms with van der Waals surface area (Å²) >= 11 is 0. The summed E-state index contributed by atoms with van der Waals surface area (Å²) < 4.78 is 0. The van der Waals surface area contributed by atoms with E-state index in [1.165, 1.54) is 0 Å². The second-order valence-electron chi connectivity index (χ2n) is 5.43. The van der Waals surface area contributed by atoms with Gasteiger partial charge >= 0.3 is 0 Å². The summed E-state index contributed by atoms with van der Waals surface area (Å²) in [6, 6.07) is 0.678. The molecular weight excluding hydrogens is 216 g/mol. The van der Waals surface area contributed by atoms with Crippen molar-refractivity contribution >= 4 is 5.91 Å². The average Bonchev–Trinajstić information content (AvgIpc) is 2.67.